The molecule has 7 heteroatoms. The van der Waals surface area contributed by atoms with E-state index in [0.29, 0.717) is 0 Å². The molecule has 0 aliphatic carbocycles. The number of halogens is 2. The Labute approximate surface area is 82.3 Å². The van der Waals surface area contributed by atoms with Gasteiger partial charge in [-0.3, -0.25) is 4.79 Å². The maximum atomic E-state index is 10.8. The van der Waals surface area contributed by atoms with Gasteiger partial charge < -0.3 is 0 Å². The van der Waals surface area contributed by atoms with E-state index in [0.717, 1.165) is 11.3 Å². The van der Waals surface area contributed by atoms with Gasteiger partial charge in [-0.25, -0.2) is 8.42 Å². The number of carbonyl (C=O) groups is 1. The minimum Gasteiger partial charge on any atom is -0.275 e. The van der Waals surface area contributed by atoms with Crippen molar-refractivity contribution in [3.05, 3.63) is 16.3 Å². The van der Waals surface area contributed by atoms with Crippen molar-refractivity contribution in [2.24, 2.45) is 0 Å². The Hall–Kier alpha value is -0.100. The van der Waals surface area contributed by atoms with Gasteiger partial charge in [-0.05, 0) is 23.0 Å². The predicted octanol–water partition coefficient (Wildman–Crippen LogP) is 2.05. The van der Waals surface area contributed by atoms with Gasteiger partial charge in [0.05, 0.1) is 0 Å². The lowest BCUT2D eigenvalue weighted by molar-refractivity contribution is 0.108. The Bertz CT molecular complexity index is 406. The summed E-state index contributed by atoms with van der Waals surface area (Å²) in [4.78, 5) is 10.3. The summed E-state index contributed by atoms with van der Waals surface area (Å²) in [5.74, 6) is 0. The standard InChI is InChI=1S/C5H2Cl2O3S2/c6-5(8)4-3(1-2-11-4)12(7,9)10/h1-2H. The second-order valence-electron chi connectivity index (χ2n) is 1.83. The van der Waals surface area contributed by atoms with Gasteiger partial charge in [-0.15, -0.1) is 11.3 Å². The van der Waals surface area contributed by atoms with Crippen molar-refractivity contribution >= 4 is 47.9 Å². The van der Waals surface area contributed by atoms with Crippen LogP contribution in [0.25, 0.3) is 0 Å². The molecule has 3 nitrogen and oxygen atoms in total. The molecule has 12 heavy (non-hydrogen) atoms. The summed E-state index contributed by atoms with van der Waals surface area (Å²) in [6.45, 7) is 0. The lowest BCUT2D eigenvalue weighted by Gasteiger charge is -1.91. The third kappa shape index (κ3) is 1.98. The highest BCUT2D eigenvalue weighted by molar-refractivity contribution is 8.13. The number of rotatable bonds is 2. The highest BCUT2D eigenvalue weighted by Gasteiger charge is 2.20. The minimum atomic E-state index is -3.86. The molecule has 0 bridgehead atoms. The quantitative estimate of drug-likeness (QED) is 0.749. The van der Waals surface area contributed by atoms with Gasteiger partial charge >= 0.3 is 0 Å². The molecular formula is C5H2Cl2O3S2. The molecule has 0 amide bonds. The van der Waals surface area contributed by atoms with Gasteiger partial charge in [-0.2, -0.15) is 0 Å². The van der Waals surface area contributed by atoms with Gasteiger partial charge in [0.25, 0.3) is 14.3 Å². The minimum absolute atomic E-state index is 0.0494. The summed E-state index contributed by atoms with van der Waals surface area (Å²) in [7, 11) is 1.16. The average Bonchev–Trinajstić information content (AvgIpc) is 2.30. The molecule has 0 spiro atoms. The van der Waals surface area contributed by atoms with Crippen molar-refractivity contribution in [2.75, 3.05) is 0 Å². The lowest BCUT2D eigenvalue weighted by Crippen LogP contribution is -1.95. The smallest absolute Gasteiger partial charge is 0.263 e. The number of thiophene rings is 1. The van der Waals surface area contributed by atoms with E-state index in [1.807, 2.05) is 0 Å². The first-order chi connectivity index (χ1) is 5.43. The van der Waals surface area contributed by atoms with E-state index in [4.69, 9.17) is 22.3 Å². The summed E-state index contributed by atoms with van der Waals surface area (Å²) >= 11 is 6.04. The molecule has 0 aliphatic heterocycles. The monoisotopic (exact) mass is 244 g/mol. The molecule has 0 fully saturated rings. The van der Waals surface area contributed by atoms with Crippen LogP contribution in [0.1, 0.15) is 9.67 Å². The van der Waals surface area contributed by atoms with Crippen LogP contribution in [0.2, 0.25) is 0 Å². The van der Waals surface area contributed by atoms with Crippen LogP contribution in [0.5, 0.6) is 0 Å². The Balaban J connectivity index is 3.36. The fourth-order valence-corrected chi connectivity index (χ4v) is 3.17. The largest absolute Gasteiger partial charge is 0.275 e. The van der Waals surface area contributed by atoms with Gasteiger partial charge in [0.2, 0.25) is 0 Å². The Kier molecular flexibility index (Phi) is 2.77. The topological polar surface area (TPSA) is 51.2 Å². The lowest BCUT2D eigenvalue weighted by atomic mass is 10.5. The second kappa shape index (κ2) is 3.33. The van der Waals surface area contributed by atoms with Gasteiger partial charge in [0.1, 0.15) is 9.77 Å². The van der Waals surface area contributed by atoms with Gasteiger partial charge in [0.15, 0.2) is 0 Å². The fourth-order valence-electron chi connectivity index (χ4n) is 0.633. The zero-order valence-electron chi connectivity index (χ0n) is 5.45. The van der Waals surface area contributed by atoms with Crippen LogP contribution in [0, 0.1) is 0 Å². The third-order valence-electron chi connectivity index (χ3n) is 1.07. The van der Waals surface area contributed by atoms with Crippen molar-refractivity contribution in [2.45, 2.75) is 4.90 Å². The molecule has 1 rings (SSSR count). The molecule has 0 aliphatic rings. The van der Waals surface area contributed by atoms with Crippen LogP contribution >= 0.6 is 33.6 Å². The molecule has 1 aromatic rings. The van der Waals surface area contributed by atoms with Crippen molar-refractivity contribution in [1.29, 1.82) is 0 Å². The second-order valence-corrected chi connectivity index (χ2v) is 5.62. The number of carbonyl (C=O) groups excluding carboxylic acids is 1. The molecule has 0 atom stereocenters. The summed E-state index contributed by atoms with van der Waals surface area (Å²) in [6, 6.07) is 1.24. The summed E-state index contributed by atoms with van der Waals surface area (Å²) in [6.07, 6.45) is 0. The van der Waals surface area contributed by atoms with Crippen molar-refractivity contribution in [1.82, 2.24) is 0 Å². The molecule has 0 unspecified atom stereocenters. The van der Waals surface area contributed by atoms with E-state index in [1.54, 1.807) is 0 Å². The van der Waals surface area contributed by atoms with Gasteiger partial charge in [0, 0.05) is 10.7 Å². The first-order valence-corrected chi connectivity index (χ1v) is 6.21. The van der Waals surface area contributed by atoms with Crippen molar-refractivity contribution in [3.63, 3.8) is 0 Å². The van der Waals surface area contributed by atoms with Gasteiger partial charge in [-0.1, -0.05) is 0 Å². The van der Waals surface area contributed by atoms with Crippen molar-refractivity contribution in [3.8, 4) is 0 Å². The van der Waals surface area contributed by atoms with E-state index in [-0.39, 0.29) is 9.77 Å². The Morgan fingerprint density at radius 1 is 1.50 bits per heavy atom. The molecule has 66 valence electrons. The zero-order chi connectivity index (χ0) is 9.35. The van der Waals surface area contributed by atoms with Crippen LogP contribution in [0.4, 0.5) is 0 Å². The third-order valence-corrected chi connectivity index (χ3v) is 3.78. The Morgan fingerprint density at radius 2 is 2.08 bits per heavy atom. The van der Waals surface area contributed by atoms with E-state index in [9.17, 15) is 13.2 Å². The normalized spacial score (nSPS) is 11.5. The van der Waals surface area contributed by atoms with Crippen molar-refractivity contribution < 1.29 is 13.2 Å². The zero-order valence-corrected chi connectivity index (χ0v) is 8.60. The van der Waals surface area contributed by atoms with Crippen LogP contribution in [-0.4, -0.2) is 13.7 Å². The van der Waals surface area contributed by atoms with E-state index >= 15 is 0 Å². The molecule has 0 radical (unpaired) electrons. The number of hydrogen-bond acceptors (Lipinski definition) is 4. The first-order valence-electron chi connectivity index (χ1n) is 2.65. The van der Waals surface area contributed by atoms with E-state index in [2.05, 4.69) is 0 Å². The van der Waals surface area contributed by atoms with Crippen LogP contribution < -0.4 is 0 Å². The van der Waals surface area contributed by atoms with Crippen LogP contribution in [-0.2, 0) is 9.05 Å². The molecule has 0 saturated heterocycles. The highest BCUT2D eigenvalue weighted by atomic mass is 35.7. The van der Waals surface area contributed by atoms with Crippen LogP contribution in [0.3, 0.4) is 0 Å². The fraction of sp³-hybridized carbons (Fsp3) is 0. The highest BCUT2D eigenvalue weighted by Crippen LogP contribution is 2.26. The summed E-state index contributed by atoms with van der Waals surface area (Å²) in [5.41, 5.74) is 0. The summed E-state index contributed by atoms with van der Waals surface area (Å²) in [5, 5.41) is 0.620. The first kappa shape index (κ1) is 9.98. The number of hydrogen-bond donors (Lipinski definition) is 0. The predicted molar refractivity (Wildman–Crippen MR) is 47.5 cm³/mol. The molecular weight excluding hydrogens is 243 g/mol. The molecule has 0 aromatic carbocycles. The molecule has 0 saturated carbocycles. The maximum absolute atomic E-state index is 10.8. The maximum Gasteiger partial charge on any atom is 0.263 e. The molecule has 0 N–H and O–H groups in total. The van der Waals surface area contributed by atoms with E-state index < -0.39 is 14.3 Å². The molecule has 1 aromatic heterocycles. The summed E-state index contributed by atoms with van der Waals surface area (Å²) < 4.78 is 21.6. The molecule has 1 heterocycles. The SMILES string of the molecule is O=C(Cl)c1sccc1S(=O)(=O)Cl. The van der Waals surface area contributed by atoms with E-state index in [1.165, 1.54) is 11.4 Å². The van der Waals surface area contributed by atoms with Crippen LogP contribution in [0.15, 0.2) is 16.3 Å². The average molecular weight is 245 g/mol. The Morgan fingerprint density at radius 3 is 2.42 bits per heavy atom.